The van der Waals surface area contributed by atoms with Gasteiger partial charge in [-0.15, -0.1) is 0 Å². The SMILES string of the molecule is CC(C)(C)OC(=O)N1CCC(Oc2ccc(Cl)cc2/C=C2/C(=O)N(C(=O)OC(C)(C)C)c3cc(Cl)ccc32)CC1. The van der Waals surface area contributed by atoms with Crippen molar-refractivity contribution in [3.63, 3.8) is 0 Å². The first-order valence-electron chi connectivity index (χ1n) is 13.1. The lowest BCUT2D eigenvalue weighted by Gasteiger charge is -2.33. The number of piperidine rings is 1. The highest BCUT2D eigenvalue weighted by Gasteiger charge is 2.39. The van der Waals surface area contributed by atoms with Crippen LogP contribution in [0.5, 0.6) is 5.75 Å². The van der Waals surface area contributed by atoms with Crippen LogP contribution >= 0.6 is 23.2 Å². The number of hydrogen-bond donors (Lipinski definition) is 0. The molecule has 1 saturated heterocycles. The zero-order valence-electron chi connectivity index (χ0n) is 23.5. The number of fused-ring (bicyclic) bond motifs is 1. The van der Waals surface area contributed by atoms with Gasteiger partial charge in [0.05, 0.1) is 11.3 Å². The average Bonchev–Trinajstić information content (AvgIpc) is 3.09. The molecule has 214 valence electrons. The lowest BCUT2D eigenvalue weighted by atomic mass is 10.0. The molecule has 0 unspecified atom stereocenters. The van der Waals surface area contributed by atoms with Crippen molar-refractivity contribution in [2.75, 3.05) is 18.0 Å². The number of carbonyl (C=O) groups excluding carboxylic acids is 3. The van der Waals surface area contributed by atoms with Crippen LogP contribution in [0.1, 0.15) is 65.5 Å². The van der Waals surface area contributed by atoms with E-state index in [4.69, 9.17) is 37.4 Å². The summed E-state index contributed by atoms with van der Waals surface area (Å²) in [5, 5.41) is 0.843. The molecule has 2 heterocycles. The van der Waals surface area contributed by atoms with Gasteiger partial charge in [-0.3, -0.25) is 4.79 Å². The molecule has 2 aliphatic rings. The Morgan fingerprint density at radius 3 is 2.08 bits per heavy atom. The highest BCUT2D eigenvalue weighted by molar-refractivity contribution is 6.42. The number of ether oxygens (including phenoxy) is 3. The van der Waals surface area contributed by atoms with Gasteiger partial charge in [-0.2, -0.15) is 0 Å². The van der Waals surface area contributed by atoms with Crippen molar-refractivity contribution in [2.24, 2.45) is 0 Å². The summed E-state index contributed by atoms with van der Waals surface area (Å²) >= 11 is 12.5. The minimum Gasteiger partial charge on any atom is -0.490 e. The Hall–Kier alpha value is -3.23. The number of hydrogen-bond acceptors (Lipinski definition) is 6. The van der Waals surface area contributed by atoms with E-state index in [0.717, 1.165) is 4.90 Å². The smallest absolute Gasteiger partial charge is 0.422 e. The summed E-state index contributed by atoms with van der Waals surface area (Å²) in [5.74, 6) is -0.00485. The van der Waals surface area contributed by atoms with Gasteiger partial charge in [0.15, 0.2) is 0 Å². The fourth-order valence-electron chi connectivity index (χ4n) is 4.45. The maximum absolute atomic E-state index is 13.6. The third kappa shape index (κ3) is 7.09. The van der Waals surface area contributed by atoms with Crippen LogP contribution in [0, 0.1) is 0 Å². The molecule has 8 nitrogen and oxygen atoms in total. The van der Waals surface area contributed by atoms with Gasteiger partial charge >= 0.3 is 12.2 Å². The zero-order chi connectivity index (χ0) is 29.4. The molecular formula is C30H34Cl2N2O6. The number of halogens is 2. The van der Waals surface area contributed by atoms with Crippen LogP contribution in [-0.2, 0) is 14.3 Å². The predicted octanol–water partition coefficient (Wildman–Crippen LogP) is 7.59. The van der Waals surface area contributed by atoms with Crippen LogP contribution in [0.15, 0.2) is 36.4 Å². The van der Waals surface area contributed by atoms with E-state index < -0.39 is 23.2 Å². The van der Waals surface area contributed by atoms with Crippen LogP contribution in [0.2, 0.25) is 10.0 Å². The molecule has 0 saturated carbocycles. The largest absolute Gasteiger partial charge is 0.490 e. The molecule has 4 rings (SSSR count). The van der Waals surface area contributed by atoms with Gasteiger partial charge in [-0.25, -0.2) is 14.5 Å². The molecule has 3 amide bonds. The molecule has 0 spiro atoms. The summed E-state index contributed by atoms with van der Waals surface area (Å²) in [7, 11) is 0. The first kappa shape index (κ1) is 29.7. The summed E-state index contributed by atoms with van der Waals surface area (Å²) in [5.41, 5.74) is 0.391. The molecule has 0 atom stereocenters. The third-order valence-corrected chi connectivity index (χ3v) is 6.63. The van der Waals surface area contributed by atoms with E-state index in [0.29, 0.717) is 58.5 Å². The van der Waals surface area contributed by atoms with E-state index in [2.05, 4.69) is 0 Å². The molecular weight excluding hydrogens is 555 g/mol. The maximum Gasteiger partial charge on any atom is 0.422 e. The van der Waals surface area contributed by atoms with E-state index in [-0.39, 0.29) is 17.8 Å². The van der Waals surface area contributed by atoms with Crippen molar-refractivity contribution in [3.05, 3.63) is 57.6 Å². The number of anilines is 1. The second-order valence-corrected chi connectivity index (χ2v) is 12.7. The van der Waals surface area contributed by atoms with Crippen LogP contribution < -0.4 is 9.64 Å². The number of benzene rings is 2. The molecule has 0 N–H and O–H groups in total. The monoisotopic (exact) mass is 588 g/mol. The molecule has 1 fully saturated rings. The zero-order valence-corrected chi connectivity index (χ0v) is 25.1. The van der Waals surface area contributed by atoms with E-state index in [1.807, 2.05) is 20.8 Å². The van der Waals surface area contributed by atoms with E-state index >= 15 is 0 Å². The molecule has 0 bridgehead atoms. The number of likely N-dealkylation sites (tertiary alicyclic amines) is 1. The van der Waals surface area contributed by atoms with Crippen LogP contribution in [0.3, 0.4) is 0 Å². The molecule has 0 aromatic heterocycles. The molecule has 40 heavy (non-hydrogen) atoms. The summed E-state index contributed by atoms with van der Waals surface area (Å²) in [6, 6.07) is 10.1. The molecule has 10 heteroatoms. The van der Waals surface area contributed by atoms with Gasteiger partial charge in [0.2, 0.25) is 0 Å². The number of amides is 3. The quantitative estimate of drug-likeness (QED) is 0.343. The Balaban J connectivity index is 1.59. The van der Waals surface area contributed by atoms with Gasteiger partial charge < -0.3 is 19.1 Å². The summed E-state index contributed by atoms with van der Waals surface area (Å²) in [4.78, 5) is 41.7. The summed E-state index contributed by atoms with van der Waals surface area (Å²) in [6.07, 6.45) is 1.62. The first-order chi connectivity index (χ1) is 18.6. The van der Waals surface area contributed by atoms with Gasteiger partial charge in [-0.1, -0.05) is 29.3 Å². The maximum atomic E-state index is 13.6. The predicted molar refractivity (Wildman–Crippen MR) is 156 cm³/mol. The van der Waals surface area contributed by atoms with E-state index in [1.54, 1.807) is 68.1 Å². The van der Waals surface area contributed by atoms with Gasteiger partial charge in [0.25, 0.3) is 5.91 Å². The Bertz CT molecular complexity index is 1350. The number of nitrogens with zero attached hydrogens (tertiary/aromatic N) is 2. The topological polar surface area (TPSA) is 85.4 Å². The van der Waals surface area contributed by atoms with Gasteiger partial charge in [0.1, 0.15) is 23.1 Å². The summed E-state index contributed by atoms with van der Waals surface area (Å²) < 4.78 is 17.3. The molecule has 2 aromatic carbocycles. The van der Waals surface area contributed by atoms with E-state index in [1.165, 1.54) is 0 Å². The fourth-order valence-corrected chi connectivity index (χ4v) is 4.80. The van der Waals surface area contributed by atoms with Crippen molar-refractivity contribution in [3.8, 4) is 5.75 Å². The number of rotatable bonds is 3. The second kappa shape index (κ2) is 11.3. The molecule has 2 aromatic rings. The van der Waals surface area contributed by atoms with Gasteiger partial charge in [-0.05, 0) is 78.0 Å². The second-order valence-electron chi connectivity index (χ2n) is 11.8. The van der Waals surface area contributed by atoms with Crippen molar-refractivity contribution >= 4 is 58.6 Å². The molecule has 2 aliphatic heterocycles. The number of carbonyl (C=O) groups is 3. The standard InChI is InChI=1S/C30H34Cl2N2O6/c1-29(2,3)39-27(36)33-13-11-21(12-14-33)38-25-10-8-19(31)15-18(25)16-23-22-9-7-20(32)17-24(22)34(26(23)35)28(37)40-30(4,5)6/h7-10,15-17,21H,11-14H2,1-6H3/b23-16+. The van der Waals surface area contributed by atoms with Gasteiger partial charge in [0, 0.05) is 47.1 Å². The Morgan fingerprint density at radius 1 is 0.875 bits per heavy atom. The van der Waals surface area contributed by atoms with Crippen molar-refractivity contribution in [1.29, 1.82) is 0 Å². The van der Waals surface area contributed by atoms with Crippen LogP contribution in [0.25, 0.3) is 11.6 Å². The first-order valence-corrected chi connectivity index (χ1v) is 13.9. The van der Waals surface area contributed by atoms with Crippen molar-refractivity contribution < 1.29 is 28.6 Å². The third-order valence-electron chi connectivity index (χ3n) is 6.16. The lowest BCUT2D eigenvalue weighted by Crippen LogP contribution is -2.44. The van der Waals surface area contributed by atoms with Crippen molar-refractivity contribution in [1.82, 2.24) is 4.90 Å². The minimum absolute atomic E-state index is 0.152. The summed E-state index contributed by atoms with van der Waals surface area (Å²) in [6.45, 7) is 11.7. The van der Waals surface area contributed by atoms with Crippen LogP contribution in [-0.4, -0.2) is 53.4 Å². The van der Waals surface area contributed by atoms with Crippen LogP contribution in [0.4, 0.5) is 15.3 Å². The highest BCUT2D eigenvalue weighted by Crippen LogP contribution is 2.41. The number of imide groups is 1. The Labute approximate surface area is 244 Å². The molecule has 0 aliphatic carbocycles. The highest BCUT2D eigenvalue weighted by atomic mass is 35.5. The lowest BCUT2D eigenvalue weighted by molar-refractivity contribution is -0.112. The normalized spacial score (nSPS) is 17.2. The van der Waals surface area contributed by atoms with E-state index in [9.17, 15) is 14.4 Å². The minimum atomic E-state index is -0.796. The fraction of sp³-hybridized carbons (Fsp3) is 0.433. The van der Waals surface area contributed by atoms with Crippen molar-refractivity contribution in [2.45, 2.75) is 71.7 Å². The molecule has 0 radical (unpaired) electrons. The Kier molecular flexibility index (Phi) is 8.43. The average molecular weight is 590 g/mol. The Morgan fingerprint density at radius 2 is 1.45 bits per heavy atom.